The lowest BCUT2D eigenvalue weighted by atomic mass is 9.80. The van der Waals surface area contributed by atoms with Gasteiger partial charge in [-0.3, -0.25) is 4.57 Å². The number of fused-ring (bicyclic) bond motifs is 10. The number of para-hydroxylation sites is 2. The Hall–Kier alpha value is -5.28. The van der Waals surface area contributed by atoms with Crippen molar-refractivity contribution in [2.24, 2.45) is 0 Å². The smallest absolute Gasteiger partial charge is 0.235 e. The van der Waals surface area contributed by atoms with Gasteiger partial charge in [-0.25, -0.2) is 9.97 Å². The van der Waals surface area contributed by atoms with Gasteiger partial charge in [-0.05, 0) is 39.8 Å². The van der Waals surface area contributed by atoms with Crippen LogP contribution in [-0.4, -0.2) is 14.5 Å². The van der Waals surface area contributed by atoms with Crippen LogP contribution >= 0.6 is 0 Å². The highest BCUT2D eigenvalue weighted by Gasteiger charge is 2.37. The topological polar surface area (TPSA) is 30.7 Å². The van der Waals surface area contributed by atoms with Crippen molar-refractivity contribution in [3.05, 3.63) is 139 Å². The second-order valence-corrected chi connectivity index (χ2v) is 11.8. The van der Waals surface area contributed by atoms with Gasteiger partial charge in [0.1, 0.15) is 0 Å². The molecule has 1 aliphatic rings. The molecule has 42 heavy (non-hydrogen) atoms. The van der Waals surface area contributed by atoms with Gasteiger partial charge in [0.25, 0.3) is 0 Å². The molecule has 0 amide bonds. The molecule has 2 heterocycles. The predicted molar refractivity (Wildman–Crippen MR) is 174 cm³/mol. The number of rotatable bonds is 2. The molecule has 0 bridgehead atoms. The summed E-state index contributed by atoms with van der Waals surface area (Å²) in [6.45, 7) is 4.73. The van der Waals surface area contributed by atoms with E-state index < -0.39 is 0 Å². The Bertz CT molecular complexity index is 2380. The molecule has 3 nitrogen and oxygen atoms in total. The van der Waals surface area contributed by atoms with Gasteiger partial charge in [-0.1, -0.05) is 129 Å². The Balaban J connectivity index is 1.48. The normalized spacial score (nSPS) is 13.7. The molecule has 0 fully saturated rings. The molecule has 0 unspecified atom stereocenters. The SMILES string of the molecule is CC1(C)c2ccccc2-c2ccc3ccc4c5ccccc5n(-c5nc(-c6ccccc6)c6ccccc6n5)c4c3c21. The summed E-state index contributed by atoms with van der Waals surface area (Å²) >= 11 is 0. The van der Waals surface area contributed by atoms with Crippen LogP contribution in [-0.2, 0) is 5.41 Å². The van der Waals surface area contributed by atoms with Gasteiger partial charge in [0.2, 0.25) is 5.95 Å². The largest absolute Gasteiger partial charge is 0.277 e. The lowest BCUT2D eigenvalue weighted by Crippen LogP contribution is -2.16. The highest BCUT2D eigenvalue weighted by Crippen LogP contribution is 2.53. The van der Waals surface area contributed by atoms with Gasteiger partial charge in [0, 0.05) is 32.5 Å². The molecule has 0 atom stereocenters. The summed E-state index contributed by atoms with van der Waals surface area (Å²) in [5.74, 6) is 0.692. The summed E-state index contributed by atoms with van der Waals surface area (Å²) in [6.07, 6.45) is 0. The molecule has 2 aromatic heterocycles. The van der Waals surface area contributed by atoms with E-state index in [0.29, 0.717) is 5.95 Å². The zero-order chi connectivity index (χ0) is 28.0. The van der Waals surface area contributed by atoms with E-state index in [9.17, 15) is 0 Å². The van der Waals surface area contributed by atoms with Crippen LogP contribution in [0.15, 0.2) is 127 Å². The minimum absolute atomic E-state index is 0.152. The predicted octanol–water partition coefficient (Wildman–Crippen LogP) is 9.85. The van der Waals surface area contributed by atoms with Crippen molar-refractivity contribution in [3.63, 3.8) is 0 Å². The van der Waals surface area contributed by atoms with Gasteiger partial charge in [-0.2, -0.15) is 0 Å². The van der Waals surface area contributed by atoms with Crippen LogP contribution in [0.3, 0.4) is 0 Å². The molecule has 198 valence electrons. The summed E-state index contributed by atoms with van der Waals surface area (Å²) in [5, 5.41) is 5.99. The van der Waals surface area contributed by atoms with Gasteiger partial charge in [-0.15, -0.1) is 0 Å². The van der Waals surface area contributed by atoms with Crippen LogP contribution in [0.2, 0.25) is 0 Å². The Morgan fingerprint density at radius 1 is 0.571 bits per heavy atom. The Kier molecular flexibility index (Phi) is 4.67. The van der Waals surface area contributed by atoms with E-state index in [2.05, 4.69) is 140 Å². The van der Waals surface area contributed by atoms with E-state index in [0.717, 1.165) is 27.7 Å². The molecule has 0 aliphatic heterocycles. The van der Waals surface area contributed by atoms with Crippen LogP contribution in [0.4, 0.5) is 0 Å². The molecule has 0 spiro atoms. The van der Waals surface area contributed by atoms with E-state index in [-0.39, 0.29) is 5.41 Å². The highest BCUT2D eigenvalue weighted by atomic mass is 15.2. The maximum atomic E-state index is 5.34. The molecule has 9 rings (SSSR count). The second kappa shape index (κ2) is 8.37. The number of hydrogen-bond acceptors (Lipinski definition) is 2. The Morgan fingerprint density at radius 3 is 2.17 bits per heavy atom. The molecule has 3 heteroatoms. The van der Waals surface area contributed by atoms with Crippen LogP contribution in [0, 0.1) is 0 Å². The van der Waals surface area contributed by atoms with Crippen molar-refractivity contribution >= 4 is 43.5 Å². The maximum absolute atomic E-state index is 5.34. The van der Waals surface area contributed by atoms with E-state index in [1.54, 1.807) is 0 Å². The van der Waals surface area contributed by atoms with Crippen molar-refractivity contribution in [2.75, 3.05) is 0 Å². The van der Waals surface area contributed by atoms with Gasteiger partial charge in [0.15, 0.2) is 0 Å². The zero-order valence-electron chi connectivity index (χ0n) is 23.5. The van der Waals surface area contributed by atoms with Crippen LogP contribution in [0.1, 0.15) is 25.0 Å². The minimum Gasteiger partial charge on any atom is -0.277 e. The van der Waals surface area contributed by atoms with E-state index in [1.807, 2.05) is 6.07 Å². The summed E-state index contributed by atoms with van der Waals surface area (Å²) in [4.78, 5) is 10.6. The fraction of sp³-hybridized carbons (Fsp3) is 0.0769. The quantitative estimate of drug-likeness (QED) is 0.220. The van der Waals surface area contributed by atoms with Crippen LogP contribution in [0.5, 0.6) is 0 Å². The summed E-state index contributed by atoms with van der Waals surface area (Å²) < 4.78 is 2.31. The molecule has 0 saturated heterocycles. The van der Waals surface area contributed by atoms with Crippen LogP contribution < -0.4 is 0 Å². The fourth-order valence-electron chi connectivity index (χ4n) is 7.33. The lowest BCUT2D eigenvalue weighted by molar-refractivity contribution is 0.666. The van der Waals surface area contributed by atoms with Crippen molar-refractivity contribution in [1.82, 2.24) is 14.5 Å². The number of aromatic nitrogens is 3. The van der Waals surface area contributed by atoms with Crippen molar-refractivity contribution in [1.29, 1.82) is 0 Å². The average molecular weight is 538 g/mol. The fourth-order valence-corrected chi connectivity index (χ4v) is 7.33. The van der Waals surface area contributed by atoms with E-state index in [1.165, 1.54) is 49.3 Å². The van der Waals surface area contributed by atoms with Gasteiger partial charge < -0.3 is 0 Å². The van der Waals surface area contributed by atoms with Crippen LogP contribution in [0.25, 0.3) is 71.8 Å². The average Bonchev–Trinajstić information content (AvgIpc) is 3.50. The van der Waals surface area contributed by atoms with E-state index >= 15 is 0 Å². The molecule has 6 aromatic carbocycles. The first kappa shape index (κ1) is 23.4. The van der Waals surface area contributed by atoms with Crippen molar-refractivity contribution in [3.8, 4) is 28.3 Å². The number of nitrogens with zero attached hydrogens (tertiary/aromatic N) is 3. The molecular formula is C39H27N3. The summed E-state index contributed by atoms with van der Waals surface area (Å²) in [6, 6.07) is 45.5. The molecule has 0 radical (unpaired) electrons. The van der Waals surface area contributed by atoms with E-state index in [4.69, 9.17) is 9.97 Å². The summed E-state index contributed by atoms with van der Waals surface area (Å²) in [7, 11) is 0. The molecule has 8 aromatic rings. The third-order valence-corrected chi connectivity index (χ3v) is 9.17. The molecule has 0 saturated carbocycles. The third kappa shape index (κ3) is 3.05. The van der Waals surface area contributed by atoms with Gasteiger partial charge in [0.05, 0.1) is 22.2 Å². The first-order chi connectivity index (χ1) is 20.6. The maximum Gasteiger partial charge on any atom is 0.235 e. The van der Waals surface area contributed by atoms with Crippen molar-refractivity contribution in [2.45, 2.75) is 19.3 Å². The highest BCUT2D eigenvalue weighted by molar-refractivity contribution is 6.21. The number of hydrogen-bond donors (Lipinski definition) is 0. The third-order valence-electron chi connectivity index (χ3n) is 9.17. The second-order valence-electron chi connectivity index (χ2n) is 11.8. The summed E-state index contributed by atoms with van der Waals surface area (Å²) in [5.41, 5.74) is 10.5. The minimum atomic E-state index is -0.152. The first-order valence-corrected chi connectivity index (χ1v) is 14.5. The molecular weight excluding hydrogens is 510 g/mol. The molecule has 0 N–H and O–H groups in total. The number of benzene rings is 6. The first-order valence-electron chi connectivity index (χ1n) is 14.5. The standard InChI is InChI=1S/C39H27N3/c1-39(2)31-17-9-6-14-26(31)28-22-20-24-21-23-29-27-15-8-11-19-33(27)42(37(29)34(24)35(28)39)38-40-32-18-10-7-16-30(32)36(41-38)25-12-4-3-5-13-25/h3-23H,1-2H3. The Morgan fingerprint density at radius 2 is 1.29 bits per heavy atom. The Labute approximate surface area is 243 Å². The van der Waals surface area contributed by atoms with Gasteiger partial charge >= 0.3 is 0 Å². The lowest BCUT2D eigenvalue weighted by Gasteiger charge is -2.24. The van der Waals surface area contributed by atoms with Crippen molar-refractivity contribution < 1.29 is 0 Å². The zero-order valence-corrected chi connectivity index (χ0v) is 23.5. The molecule has 1 aliphatic carbocycles. The monoisotopic (exact) mass is 537 g/mol.